The molecule has 0 saturated carbocycles. The Morgan fingerprint density at radius 2 is 1.68 bits per heavy atom. The van der Waals surface area contributed by atoms with Gasteiger partial charge in [-0.15, -0.1) is 0 Å². The maximum Gasteiger partial charge on any atom is 0.270 e. The van der Waals surface area contributed by atoms with Crippen LogP contribution in [-0.4, -0.2) is 15.9 Å². The molecule has 0 aliphatic heterocycles. The highest BCUT2D eigenvalue weighted by Gasteiger charge is 2.07. The number of nitrogens with zero attached hydrogens (tertiary/aromatic N) is 2. The number of benzene rings is 1. The summed E-state index contributed by atoms with van der Waals surface area (Å²) in [4.78, 5) is 20.3. The van der Waals surface area contributed by atoms with Gasteiger partial charge in [0.25, 0.3) is 5.91 Å². The molecule has 0 radical (unpaired) electrons. The van der Waals surface area contributed by atoms with Gasteiger partial charge >= 0.3 is 0 Å². The second-order valence-electron chi connectivity index (χ2n) is 4.84. The number of aromatic nitrogens is 2. The van der Waals surface area contributed by atoms with E-state index in [1.165, 1.54) is 0 Å². The van der Waals surface area contributed by atoms with Crippen molar-refractivity contribution in [2.24, 2.45) is 0 Å². The second-order valence-corrected chi connectivity index (χ2v) is 4.84. The molecule has 0 saturated heterocycles. The van der Waals surface area contributed by atoms with Gasteiger partial charge in [-0.2, -0.15) is 0 Å². The summed E-state index contributed by atoms with van der Waals surface area (Å²) in [5.41, 5.74) is 3.49. The van der Waals surface area contributed by atoms with Crippen LogP contribution in [0.5, 0.6) is 0 Å². The van der Waals surface area contributed by atoms with Crippen molar-refractivity contribution < 1.29 is 4.79 Å². The number of hydrogen-bond donors (Lipinski definition) is 1. The smallest absolute Gasteiger partial charge is 0.270 e. The second kappa shape index (κ2) is 6.63. The van der Waals surface area contributed by atoms with E-state index in [-0.39, 0.29) is 5.91 Å². The van der Waals surface area contributed by atoms with E-state index in [1.54, 1.807) is 24.7 Å². The predicted molar refractivity (Wildman–Crippen MR) is 85.1 cm³/mol. The fraction of sp³-hybridized carbons (Fsp3) is 0.0556. The minimum absolute atomic E-state index is 0.184. The summed E-state index contributed by atoms with van der Waals surface area (Å²) in [6, 6.07) is 17.3. The van der Waals surface area contributed by atoms with Gasteiger partial charge in [-0.1, -0.05) is 36.4 Å². The standard InChI is InChI=1S/C18H15N3O/c22-18(21-12-14-8-10-19-11-9-14)17-7-6-16(13-20-17)15-4-2-1-3-5-15/h1-11,13H,12H2,(H,21,22). The van der Waals surface area contributed by atoms with Gasteiger partial charge in [-0.3, -0.25) is 14.8 Å². The van der Waals surface area contributed by atoms with Crippen LogP contribution in [-0.2, 0) is 6.54 Å². The molecule has 0 fully saturated rings. The van der Waals surface area contributed by atoms with Crippen molar-refractivity contribution in [2.45, 2.75) is 6.54 Å². The van der Waals surface area contributed by atoms with E-state index in [2.05, 4.69) is 15.3 Å². The van der Waals surface area contributed by atoms with E-state index in [1.807, 2.05) is 48.5 Å². The van der Waals surface area contributed by atoms with Gasteiger partial charge in [0, 0.05) is 30.7 Å². The molecule has 1 amide bonds. The summed E-state index contributed by atoms with van der Waals surface area (Å²) < 4.78 is 0. The third kappa shape index (κ3) is 3.35. The van der Waals surface area contributed by atoms with Crippen LogP contribution >= 0.6 is 0 Å². The highest BCUT2D eigenvalue weighted by atomic mass is 16.1. The Morgan fingerprint density at radius 1 is 0.909 bits per heavy atom. The Bertz CT molecular complexity index is 740. The van der Waals surface area contributed by atoms with Crippen LogP contribution in [0.1, 0.15) is 16.1 Å². The van der Waals surface area contributed by atoms with Gasteiger partial charge in [0.2, 0.25) is 0 Å². The molecule has 1 N–H and O–H groups in total. The molecule has 4 nitrogen and oxygen atoms in total. The molecule has 108 valence electrons. The van der Waals surface area contributed by atoms with Crippen LogP contribution in [0.3, 0.4) is 0 Å². The van der Waals surface area contributed by atoms with Crippen LogP contribution < -0.4 is 5.32 Å². The van der Waals surface area contributed by atoms with E-state index in [0.29, 0.717) is 12.2 Å². The van der Waals surface area contributed by atoms with Crippen LogP contribution in [0.15, 0.2) is 73.2 Å². The normalized spacial score (nSPS) is 10.2. The minimum Gasteiger partial charge on any atom is -0.347 e. The van der Waals surface area contributed by atoms with Gasteiger partial charge in [-0.05, 0) is 29.3 Å². The molecule has 2 heterocycles. The molecule has 3 aromatic rings. The van der Waals surface area contributed by atoms with Crippen LogP contribution in [0.4, 0.5) is 0 Å². The van der Waals surface area contributed by atoms with Crippen molar-refractivity contribution in [3.05, 3.63) is 84.4 Å². The zero-order valence-electron chi connectivity index (χ0n) is 11.9. The largest absolute Gasteiger partial charge is 0.347 e. The average Bonchev–Trinajstić information content (AvgIpc) is 2.61. The summed E-state index contributed by atoms with van der Waals surface area (Å²) in [5.74, 6) is -0.184. The molecule has 0 atom stereocenters. The summed E-state index contributed by atoms with van der Waals surface area (Å²) in [6.07, 6.45) is 5.12. The molecular weight excluding hydrogens is 274 g/mol. The fourth-order valence-corrected chi connectivity index (χ4v) is 2.10. The summed E-state index contributed by atoms with van der Waals surface area (Å²) in [6.45, 7) is 0.462. The highest BCUT2D eigenvalue weighted by Crippen LogP contribution is 2.17. The van der Waals surface area contributed by atoms with E-state index >= 15 is 0 Å². The molecule has 0 aliphatic carbocycles. The molecule has 3 rings (SSSR count). The average molecular weight is 289 g/mol. The summed E-state index contributed by atoms with van der Waals surface area (Å²) >= 11 is 0. The van der Waals surface area contributed by atoms with E-state index in [0.717, 1.165) is 16.7 Å². The number of amides is 1. The maximum absolute atomic E-state index is 12.1. The molecule has 0 bridgehead atoms. The SMILES string of the molecule is O=C(NCc1ccncc1)c1ccc(-c2ccccc2)cn1. The molecule has 2 aromatic heterocycles. The monoisotopic (exact) mass is 289 g/mol. The van der Waals surface area contributed by atoms with Gasteiger partial charge in [0.15, 0.2) is 0 Å². The lowest BCUT2D eigenvalue weighted by molar-refractivity contribution is 0.0946. The maximum atomic E-state index is 12.1. The van der Waals surface area contributed by atoms with Crippen molar-refractivity contribution in [3.8, 4) is 11.1 Å². The number of carbonyl (C=O) groups is 1. The minimum atomic E-state index is -0.184. The first-order valence-corrected chi connectivity index (χ1v) is 7.01. The molecule has 0 unspecified atom stereocenters. The van der Waals surface area contributed by atoms with Gasteiger partial charge in [0.05, 0.1) is 0 Å². The fourth-order valence-electron chi connectivity index (χ4n) is 2.10. The molecule has 0 spiro atoms. The van der Waals surface area contributed by atoms with Gasteiger partial charge in [-0.25, -0.2) is 0 Å². The molecular formula is C18H15N3O. The highest BCUT2D eigenvalue weighted by molar-refractivity contribution is 5.92. The summed E-state index contributed by atoms with van der Waals surface area (Å²) in [5, 5.41) is 2.85. The zero-order valence-corrected chi connectivity index (χ0v) is 11.9. The van der Waals surface area contributed by atoms with E-state index in [4.69, 9.17) is 0 Å². The number of pyridine rings is 2. The Labute approximate surface area is 128 Å². The van der Waals surface area contributed by atoms with Gasteiger partial charge < -0.3 is 5.32 Å². The number of rotatable bonds is 4. The Morgan fingerprint density at radius 3 is 2.36 bits per heavy atom. The molecule has 1 aromatic carbocycles. The Balaban J connectivity index is 1.66. The lowest BCUT2D eigenvalue weighted by Crippen LogP contribution is -2.23. The van der Waals surface area contributed by atoms with Crippen molar-refractivity contribution in [1.29, 1.82) is 0 Å². The van der Waals surface area contributed by atoms with Crippen LogP contribution in [0.25, 0.3) is 11.1 Å². The van der Waals surface area contributed by atoms with Crippen molar-refractivity contribution in [1.82, 2.24) is 15.3 Å². The lowest BCUT2D eigenvalue weighted by atomic mass is 10.1. The van der Waals surface area contributed by atoms with Crippen LogP contribution in [0.2, 0.25) is 0 Å². The lowest BCUT2D eigenvalue weighted by Gasteiger charge is -2.06. The van der Waals surface area contributed by atoms with Gasteiger partial charge in [0.1, 0.15) is 5.69 Å². The zero-order chi connectivity index (χ0) is 15.2. The molecule has 22 heavy (non-hydrogen) atoms. The van der Waals surface area contributed by atoms with Crippen molar-refractivity contribution in [2.75, 3.05) is 0 Å². The first kappa shape index (κ1) is 13.9. The summed E-state index contributed by atoms with van der Waals surface area (Å²) in [7, 11) is 0. The van der Waals surface area contributed by atoms with Crippen molar-refractivity contribution in [3.63, 3.8) is 0 Å². The van der Waals surface area contributed by atoms with E-state index < -0.39 is 0 Å². The Hall–Kier alpha value is -3.01. The van der Waals surface area contributed by atoms with E-state index in [9.17, 15) is 4.79 Å². The molecule has 0 aliphatic rings. The third-order valence-electron chi connectivity index (χ3n) is 3.31. The topological polar surface area (TPSA) is 54.9 Å². The van der Waals surface area contributed by atoms with Crippen molar-refractivity contribution >= 4 is 5.91 Å². The number of hydrogen-bond acceptors (Lipinski definition) is 3. The predicted octanol–water partition coefficient (Wildman–Crippen LogP) is 3.07. The first-order chi connectivity index (χ1) is 10.8. The Kier molecular flexibility index (Phi) is 4.20. The first-order valence-electron chi connectivity index (χ1n) is 7.01. The van der Waals surface area contributed by atoms with Crippen LogP contribution in [0, 0.1) is 0 Å². The third-order valence-corrected chi connectivity index (χ3v) is 3.31. The number of nitrogens with one attached hydrogen (secondary N) is 1. The molecule has 4 heteroatoms. The quantitative estimate of drug-likeness (QED) is 0.803. The number of carbonyl (C=O) groups excluding carboxylic acids is 1.